The fourth-order valence-electron chi connectivity index (χ4n) is 2.27. The van der Waals surface area contributed by atoms with Crippen LogP contribution in [0.25, 0.3) is 0 Å². The fraction of sp³-hybridized carbons (Fsp3) is 0.917. The molecule has 0 radical (unpaired) electrons. The van der Waals surface area contributed by atoms with Gasteiger partial charge >= 0.3 is 0 Å². The molecule has 0 aromatic carbocycles. The third kappa shape index (κ3) is 3.76. The molecule has 0 heterocycles. The first-order valence-electron chi connectivity index (χ1n) is 6.18. The molecule has 1 fully saturated rings. The second-order valence-corrected chi connectivity index (χ2v) is 4.97. The van der Waals surface area contributed by atoms with Crippen LogP contribution < -0.4 is 10.6 Å². The summed E-state index contributed by atoms with van der Waals surface area (Å²) in [7, 11) is 1.65. The first-order chi connectivity index (χ1) is 7.62. The molecule has 0 aromatic rings. The molecular weight excluding hydrogens is 204 g/mol. The molecule has 1 amide bonds. The van der Waals surface area contributed by atoms with E-state index in [2.05, 4.69) is 17.6 Å². The quantitative estimate of drug-likeness (QED) is 0.647. The molecule has 0 aromatic heterocycles. The van der Waals surface area contributed by atoms with E-state index in [0.29, 0.717) is 13.0 Å². The van der Waals surface area contributed by atoms with Crippen molar-refractivity contribution in [3.8, 4) is 0 Å². The fourth-order valence-corrected chi connectivity index (χ4v) is 2.27. The standard InChI is InChI=1S/C12H24N2O2/c1-10-3-6-12(9-15,7-4-10)14-8-5-11(16)13-2/h10,14-15H,3-9H2,1-2H3,(H,13,16). The van der Waals surface area contributed by atoms with E-state index in [1.54, 1.807) is 7.05 Å². The molecule has 0 bridgehead atoms. The highest BCUT2D eigenvalue weighted by molar-refractivity contribution is 5.75. The average molecular weight is 228 g/mol. The van der Waals surface area contributed by atoms with E-state index < -0.39 is 0 Å². The van der Waals surface area contributed by atoms with Crippen molar-refractivity contribution < 1.29 is 9.90 Å². The molecule has 0 aliphatic heterocycles. The van der Waals surface area contributed by atoms with Crippen molar-refractivity contribution in [2.75, 3.05) is 20.2 Å². The van der Waals surface area contributed by atoms with Crippen LogP contribution in [0, 0.1) is 5.92 Å². The Labute approximate surface area is 97.8 Å². The van der Waals surface area contributed by atoms with Crippen LogP contribution in [0.4, 0.5) is 0 Å². The highest BCUT2D eigenvalue weighted by Gasteiger charge is 2.32. The van der Waals surface area contributed by atoms with Crippen LogP contribution in [0.1, 0.15) is 39.0 Å². The van der Waals surface area contributed by atoms with Gasteiger partial charge in [0.05, 0.1) is 6.61 Å². The van der Waals surface area contributed by atoms with Gasteiger partial charge in [-0.25, -0.2) is 0 Å². The summed E-state index contributed by atoms with van der Waals surface area (Å²) in [5.41, 5.74) is -0.138. The topological polar surface area (TPSA) is 61.4 Å². The number of carbonyl (C=O) groups is 1. The zero-order chi connectivity index (χ0) is 12.0. The second-order valence-electron chi connectivity index (χ2n) is 4.97. The molecule has 3 N–H and O–H groups in total. The molecule has 16 heavy (non-hydrogen) atoms. The molecule has 4 heteroatoms. The highest BCUT2D eigenvalue weighted by atomic mass is 16.3. The van der Waals surface area contributed by atoms with Crippen LogP contribution in [0.2, 0.25) is 0 Å². The van der Waals surface area contributed by atoms with E-state index in [0.717, 1.165) is 31.6 Å². The van der Waals surface area contributed by atoms with Crippen molar-refractivity contribution in [1.82, 2.24) is 10.6 Å². The van der Waals surface area contributed by atoms with Crippen LogP contribution in [-0.2, 0) is 4.79 Å². The van der Waals surface area contributed by atoms with Gasteiger partial charge in [0.15, 0.2) is 0 Å². The first kappa shape index (κ1) is 13.5. The zero-order valence-corrected chi connectivity index (χ0v) is 10.4. The van der Waals surface area contributed by atoms with Gasteiger partial charge < -0.3 is 15.7 Å². The molecule has 1 rings (SSSR count). The first-order valence-corrected chi connectivity index (χ1v) is 6.18. The molecule has 0 atom stereocenters. The number of hydrogen-bond acceptors (Lipinski definition) is 3. The van der Waals surface area contributed by atoms with E-state index in [1.165, 1.54) is 0 Å². The Balaban J connectivity index is 2.33. The van der Waals surface area contributed by atoms with Gasteiger partial charge in [-0.1, -0.05) is 6.92 Å². The molecule has 1 saturated carbocycles. The van der Waals surface area contributed by atoms with Gasteiger partial charge in [0.2, 0.25) is 5.91 Å². The number of amides is 1. The molecular formula is C12H24N2O2. The summed E-state index contributed by atoms with van der Waals surface area (Å²) in [4.78, 5) is 11.1. The largest absolute Gasteiger partial charge is 0.394 e. The minimum absolute atomic E-state index is 0.0461. The summed E-state index contributed by atoms with van der Waals surface area (Å²) in [6.07, 6.45) is 4.83. The van der Waals surface area contributed by atoms with Gasteiger partial charge in [-0.2, -0.15) is 0 Å². The summed E-state index contributed by atoms with van der Waals surface area (Å²) in [6, 6.07) is 0. The van der Waals surface area contributed by atoms with Crippen molar-refractivity contribution in [2.24, 2.45) is 5.92 Å². The predicted molar refractivity (Wildman–Crippen MR) is 64.1 cm³/mol. The summed E-state index contributed by atoms with van der Waals surface area (Å²) >= 11 is 0. The summed E-state index contributed by atoms with van der Waals surface area (Å²) < 4.78 is 0. The smallest absolute Gasteiger partial charge is 0.221 e. The summed E-state index contributed by atoms with van der Waals surface area (Å²) in [5, 5.41) is 15.4. The number of nitrogens with one attached hydrogen (secondary N) is 2. The molecule has 4 nitrogen and oxygen atoms in total. The Morgan fingerprint density at radius 2 is 2.06 bits per heavy atom. The van der Waals surface area contributed by atoms with Crippen molar-refractivity contribution in [2.45, 2.75) is 44.6 Å². The van der Waals surface area contributed by atoms with Gasteiger partial charge in [0.1, 0.15) is 0 Å². The van der Waals surface area contributed by atoms with Gasteiger partial charge in [0.25, 0.3) is 0 Å². The molecule has 1 aliphatic rings. The van der Waals surface area contributed by atoms with Gasteiger partial charge in [-0.05, 0) is 31.6 Å². The maximum absolute atomic E-state index is 11.1. The SMILES string of the molecule is CNC(=O)CCNC1(CO)CCC(C)CC1. The maximum Gasteiger partial charge on any atom is 0.221 e. The molecule has 1 aliphatic carbocycles. The van der Waals surface area contributed by atoms with Crippen molar-refractivity contribution in [3.63, 3.8) is 0 Å². The van der Waals surface area contributed by atoms with Crippen LogP contribution in [0.5, 0.6) is 0 Å². The minimum Gasteiger partial charge on any atom is -0.394 e. The predicted octanol–water partition coefficient (Wildman–Crippen LogP) is 0.653. The Morgan fingerprint density at radius 1 is 1.44 bits per heavy atom. The lowest BCUT2D eigenvalue weighted by molar-refractivity contribution is -0.120. The van der Waals surface area contributed by atoms with Crippen LogP contribution in [0.15, 0.2) is 0 Å². The van der Waals surface area contributed by atoms with Crippen molar-refractivity contribution in [3.05, 3.63) is 0 Å². The number of aliphatic hydroxyl groups is 1. The molecule has 0 unspecified atom stereocenters. The molecule has 0 spiro atoms. The molecule has 0 saturated heterocycles. The van der Waals surface area contributed by atoms with Crippen LogP contribution >= 0.6 is 0 Å². The number of aliphatic hydroxyl groups excluding tert-OH is 1. The van der Waals surface area contributed by atoms with Crippen molar-refractivity contribution in [1.29, 1.82) is 0 Å². The number of hydrogen-bond donors (Lipinski definition) is 3. The summed E-state index contributed by atoms with van der Waals surface area (Å²) in [5.74, 6) is 0.810. The normalized spacial score (nSPS) is 30.1. The van der Waals surface area contributed by atoms with E-state index in [9.17, 15) is 9.90 Å². The minimum atomic E-state index is -0.138. The van der Waals surface area contributed by atoms with Crippen LogP contribution in [-0.4, -0.2) is 36.8 Å². The average Bonchev–Trinajstić information content (AvgIpc) is 2.32. The number of rotatable bonds is 5. The van der Waals surface area contributed by atoms with E-state index in [4.69, 9.17) is 0 Å². The Morgan fingerprint density at radius 3 is 2.56 bits per heavy atom. The summed E-state index contributed by atoms with van der Waals surface area (Å²) in [6.45, 7) is 3.08. The number of carbonyl (C=O) groups excluding carboxylic acids is 1. The maximum atomic E-state index is 11.1. The third-order valence-electron chi connectivity index (χ3n) is 3.66. The van der Waals surface area contributed by atoms with Crippen LogP contribution in [0.3, 0.4) is 0 Å². The third-order valence-corrected chi connectivity index (χ3v) is 3.66. The zero-order valence-electron chi connectivity index (χ0n) is 10.4. The lowest BCUT2D eigenvalue weighted by Gasteiger charge is -2.39. The van der Waals surface area contributed by atoms with Crippen molar-refractivity contribution >= 4 is 5.91 Å². The second kappa shape index (κ2) is 6.21. The van der Waals surface area contributed by atoms with E-state index in [1.807, 2.05) is 0 Å². The molecule has 94 valence electrons. The van der Waals surface area contributed by atoms with Gasteiger partial charge in [-0.3, -0.25) is 4.79 Å². The Kier molecular flexibility index (Phi) is 5.22. The lowest BCUT2D eigenvalue weighted by Crippen LogP contribution is -2.51. The van der Waals surface area contributed by atoms with E-state index in [-0.39, 0.29) is 18.1 Å². The van der Waals surface area contributed by atoms with Gasteiger partial charge in [0, 0.05) is 25.6 Å². The Bertz CT molecular complexity index is 223. The van der Waals surface area contributed by atoms with Gasteiger partial charge in [-0.15, -0.1) is 0 Å². The monoisotopic (exact) mass is 228 g/mol. The van der Waals surface area contributed by atoms with E-state index >= 15 is 0 Å². The Hall–Kier alpha value is -0.610. The highest BCUT2D eigenvalue weighted by Crippen LogP contribution is 2.31. The lowest BCUT2D eigenvalue weighted by atomic mass is 9.77.